The van der Waals surface area contributed by atoms with Crippen LogP contribution in [0.1, 0.15) is 73.1 Å². The Bertz CT molecular complexity index is 350. The number of hydrogen-bond donors (Lipinski definition) is 0. The average molecular weight is 232 g/mol. The maximum Gasteiger partial charge on any atom is -0.0236 e. The molecule has 0 heteroatoms. The molecule has 0 atom stereocenters. The van der Waals surface area contributed by atoms with E-state index in [1.54, 1.807) is 27.9 Å². The second-order valence-corrected chi connectivity index (χ2v) is 5.10. The molecule has 0 aromatic carbocycles. The van der Waals surface area contributed by atoms with Gasteiger partial charge in [0.15, 0.2) is 0 Å². The summed E-state index contributed by atoms with van der Waals surface area (Å²) in [5.74, 6) is 0. The quantitative estimate of drug-likeness (QED) is 0.548. The van der Waals surface area contributed by atoms with Crippen LogP contribution in [0.25, 0.3) is 0 Å². The number of unbranched alkanes of at least 4 members (excludes halogenated alkanes) is 1. The molecule has 0 spiro atoms. The SMILES string of the molecule is C/C=C(\CCCC)C1=C(C)C(C)=C(CC)CC1. The first-order chi connectivity index (χ1) is 8.15. The molecular formula is C17H28. The van der Waals surface area contributed by atoms with Gasteiger partial charge in [-0.25, -0.2) is 0 Å². The van der Waals surface area contributed by atoms with Crippen LogP contribution in [-0.2, 0) is 0 Å². The Hall–Kier alpha value is -0.780. The van der Waals surface area contributed by atoms with Crippen LogP contribution in [0, 0.1) is 0 Å². The largest absolute Gasteiger partial charge is 0.0842 e. The summed E-state index contributed by atoms with van der Waals surface area (Å²) >= 11 is 0. The lowest BCUT2D eigenvalue weighted by molar-refractivity contribution is 0.760. The fraction of sp³-hybridized carbons (Fsp3) is 0.647. The van der Waals surface area contributed by atoms with E-state index in [-0.39, 0.29) is 0 Å². The number of hydrogen-bond acceptors (Lipinski definition) is 0. The molecule has 0 aromatic rings. The maximum atomic E-state index is 2.33. The minimum absolute atomic E-state index is 1.22. The van der Waals surface area contributed by atoms with Crippen LogP contribution in [0.4, 0.5) is 0 Å². The monoisotopic (exact) mass is 232 g/mol. The van der Waals surface area contributed by atoms with Crippen LogP contribution in [0.15, 0.2) is 33.9 Å². The van der Waals surface area contributed by atoms with E-state index in [4.69, 9.17) is 0 Å². The van der Waals surface area contributed by atoms with Crippen molar-refractivity contribution in [3.63, 3.8) is 0 Å². The van der Waals surface area contributed by atoms with Crippen molar-refractivity contribution in [1.29, 1.82) is 0 Å². The second-order valence-electron chi connectivity index (χ2n) is 5.10. The predicted molar refractivity (Wildman–Crippen MR) is 78.2 cm³/mol. The molecule has 1 aliphatic carbocycles. The van der Waals surface area contributed by atoms with Gasteiger partial charge in [-0.1, -0.05) is 31.9 Å². The summed E-state index contributed by atoms with van der Waals surface area (Å²) in [6.45, 7) is 11.4. The van der Waals surface area contributed by atoms with E-state index < -0.39 is 0 Å². The van der Waals surface area contributed by atoms with Crippen LogP contribution < -0.4 is 0 Å². The predicted octanol–water partition coefficient (Wildman–Crippen LogP) is 5.96. The Morgan fingerprint density at radius 3 is 2.35 bits per heavy atom. The molecule has 0 unspecified atom stereocenters. The van der Waals surface area contributed by atoms with Crippen molar-refractivity contribution in [2.75, 3.05) is 0 Å². The standard InChI is InChI=1S/C17H28/c1-6-9-10-16(8-3)17-12-11-15(7-2)13(4)14(17)5/h8H,6-7,9-12H2,1-5H3/b16-8+. The Kier molecular flexibility index (Phi) is 5.74. The van der Waals surface area contributed by atoms with Gasteiger partial charge < -0.3 is 0 Å². The van der Waals surface area contributed by atoms with Crippen molar-refractivity contribution < 1.29 is 0 Å². The van der Waals surface area contributed by atoms with E-state index in [1.165, 1.54) is 38.5 Å². The third-order valence-electron chi connectivity index (χ3n) is 4.18. The molecule has 0 nitrogen and oxygen atoms in total. The maximum absolute atomic E-state index is 2.33. The van der Waals surface area contributed by atoms with Crippen LogP contribution in [-0.4, -0.2) is 0 Å². The summed E-state index contributed by atoms with van der Waals surface area (Å²) in [5, 5.41) is 0. The zero-order valence-corrected chi connectivity index (χ0v) is 12.3. The van der Waals surface area contributed by atoms with E-state index in [0.717, 1.165) is 0 Å². The molecule has 0 amide bonds. The van der Waals surface area contributed by atoms with Crippen LogP contribution in [0.2, 0.25) is 0 Å². The topological polar surface area (TPSA) is 0 Å². The smallest absolute Gasteiger partial charge is 0.0236 e. The average Bonchev–Trinajstić information content (AvgIpc) is 2.35. The molecule has 0 radical (unpaired) electrons. The van der Waals surface area contributed by atoms with Gasteiger partial charge in [0, 0.05) is 0 Å². The lowest BCUT2D eigenvalue weighted by Gasteiger charge is -2.24. The Balaban J connectivity index is 2.97. The third-order valence-corrected chi connectivity index (χ3v) is 4.18. The summed E-state index contributed by atoms with van der Waals surface area (Å²) in [7, 11) is 0. The van der Waals surface area contributed by atoms with Gasteiger partial charge in [0.05, 0.1) is 0 Å². The van der Waals surface area contributed by atoms with Crippen LogP contribution in [0.3, 0.4) is 0 Å². The fourth-order valence-corrected chi connectivity index (χ4v) is 2.82. The summed E-state index contributed by atoms with van der Waals surface area (Å²) in [5.41, 5.74) is 8.01. The first kappa shape index (κ1) is 14.3. The summed E-state index contributed by atoms with van der Waals surface area (Å²) in [4.78, 5) is 0. The van der Waals surface area contributed by atoms with Gasteiger partial charge >= 0.3 is 0 Å². The first-order valence-electron chi connectivity index (χ1n) is 7.19. The Labute approximate surface area is 108 Å². The highest BCUT2D eigenvalue weighted by Crippen LogP contribution is 2.36. The normalized spacial score (nSPS) is 18.1. The molecule has 0 aliphatic heterocycles. The molecule has 96 valence electrons. The highest BCUT2D eigenvalue weighted by Gasteiger charge is 2.16. The molecule has 0 aromatic heterocycles. The third kappa shape index (κ3) is 3.34. The van der Waals surface area contributed by atoms with E-state index in [9.17, 15) is 0 Å². The zero-order valence-electron chi connectivity index (χ0n) is 12.3. The minimum atomic E-state index is 1.22. The van der Waals surface area contributed by atoms with Gasteiger partial charge in [-0.05, 0) is 75.2 Å². The molecule has 1 aliphatic rings. The van der Waals surface area contributed by atoms with Gasteiger partial charge in [-0.15, -0.1) is 0 Å². The molecule has 0 saturated carbocycles. The Morgan fingerprint density at radius 1 is 1.12 bits per heavy atom. The summed E-state index contributed by atoms with van der Waals surface area (Å²) < 4.78 is 0. The van der Waals surface area contributed by atoms with Gasteiger partial charge in [0.1, 0.15) is 0 Å². The van der Waals surface area contributed by atoms with Gasteiger partial charge in [-0.3, -0.25) is 0 Å². The molecule has 17 heavy (non-hydrogen) atoms. The van der Waals surface area contributed by atoms with E-state index in [1.807, 2.05) is 0 Å². The van der Waals surface area contributed by atoms with E-state index in [0.29, 0.717) is 0 Å². The second kappa shape index (κ2) is 6.83. The molecule has 0 N–H and O–H groups in total. The highest BCUT2D eigenvalue weighted by molar-refractivity contribution is 5.47. The molecule has 1 rings (SSSR count). The summed E-state index contributed by atoms with van der Waals surface area (Å²) in [6, 6.07) is 0. The van der Waals surface area contributed by atoms with Crippen molar-refractivity contribution in [2.45, 2.75) is 73.1 Å². The van der Waals surface area contributed by atoms with Gasteiger partial charge in [-0.2, -0.15) is 0 Å². The van der Waals surface area contributed by atoms with E-state index >= 15 is 0 Å². The fourth-order valence-electron chi connectivity index (χ4n) is 2.82. The summed E-state index contributed by atoms with van der Waals surface area (Å²) in [6.07, 6.45) is 9.95. The van der Waals surface area contributed by atoms with E-state index in [2.05, 4.69) is 40.7 Å². The Morgan fingerprint density at radius 2 is 1.82 bits per heavy atom. The van der Waals surface area contributed by atoms with Crippen molar-refractivity contribution in [2.24, 2.45) is 0 Å². The zero-order chi connectivity index (χ0) is 12.8. The number of allylic oxidation sites excluding steroid dienone is 6. The lowest BCUT2D eigenvalue weighted by Crippen LogP contribution is -2.04. The van der Waals surface area contributed by atoms with Crippen molar-refractivity contribution in [3.8, 4) is 0 Å². The highest BCUT2D eigenvalue weighted by atomic mass is 14.2. The molecule has 0 saturated heterocycles. The molecule has 0 heterocycles. The van der Waals surface area contributed by atoms with Crippen molar-refractivity contribution in [3.05, 3.63) is 33.9 Å². The van der Waals surface area contributed by atoms with Crippen LogP contribution in [0.5, 0.6) is 0 Å². The van der Waals surface area contributed by atoms with Gasteiger partial charge in [0.25, 0.3) is 0 Å². The van der Waals surface area contributed by atoms with Crippen LogP contribution >= 0.6 is 0 Å². The lowest BCUT2D eigenvalue weighted by atomic mass is 9.81. The van der Waals surface area contributed by atoms with Crippen molar-refractivity contribution >= 4 is 0 Å². The first-order valence-corrected chi connectivity index (χ1v) is 7.19. The molecule has 0 fully saturated rings. The molecular weight excluding hydrogens is 204 g/mol. The van der Waals surface area contributed by atoms with Gasteiger partial charge in [0.2, 0.25) is 0 Å². The minimum Gasteiger partial charge on any atom is -0.0842 e. The molecule has 0 bridgehead atoms. The number of rotatable bonds is 5. The van der Waals surface area contributed by atoms with Crippen molar-refractivity contribution in [1.82, 2.24) is 0 Å².